The molecule has 0 saturated heterocycles. The Morgan fingerprint density at radius 1 is 0.446 bits per heavy atom. The van der Waals surface area contributed by atoms with Gasteiger partial charge in [0.15, 0.2) is 0 Å². The number of unbranched alkanes of at least 4 members (excludes halogenated alkanes) is 2. The summed E-state index contributed by atoms with van der Waals surface area (Å²) in [5, 5.41) is 25.1. The van der Waals surface area contributed by atoms with Crippen LogP contribution in [0.25, 0.3) is 0 Å². The predicted octanol–water partition coefficient (Wildman–Crippen LogP) is 13.9. The lowest BCUT2D eigenvalue weighted by Crippen LogP contribution is -2.13. The van der Waals surface area contributed by atoms with Gasteiger partial charge in [-0.3, -0.25) is 0 Å². The second kappa shape index (κ2) is 18.1. The number of ether oxygens (including phenoxy) is 2. The molecule has 0 heterocycles. The van der Waals surface area contributed by atoms with Crippen LogP contribution in [0.5, 0.6) is 23.0 Å². The molecule has 4 aromatic carbocycles. The zero-order valence-electron chi connectivity index (χ0n) is 37.4. The van der Waals surface area contributed by atoms with Gasteiger partial charge in [0.1, 0.15) is 23.0 Å². The van der Waals surface area contributed by atoms with E-state index in [9.17, 15) is 10.2 Å². The first-order valence-electron chi connectivity index (χ1n) is 21.8. The van der Waals surface area contributed by atoms with Crippen molar-refractivity contribution in [2.75, 3.05) is 13.2 Å². The fraction of sp³-hybridized carbons (Fsp3) is 0.538. The summed E-state index contributed by atoms with van der Waals surface area (Å²) in [6.07, 6.45) is 6.20. The van der Waals surface area contributed by atoms with Crippen molar-refractivity contribution in [3.05, 3.63) is 113 Å². The highest BCUT2D eigenvalue weighted by molar-refractivity contribution is 5.63. The van der Waals surface area contributed by atoms with Crippen LogP contribution in [-0.2, 0) is 25.7 Å². The first-order chi connectivity index (χ1) is 26.5. The van der Waals surface area contributed by atoms with Gasteiger partial charge in [0.25, 0.3) is 0 Å². The van der Waals surface area contributed by atoms with Crippen molar-refractivity contribution < 1.29 is 19.7 Å². The molecule has 0 saturated carbocycles. The van der Waals surface area contributed by atoms with Gasteiger partial charge in [-0.2, -0.15) is 0 Å². The minimum Gasteiger partial charge on any atom is -0.507 e. The van der Waals surface area contributed by atoms with Crippen molar-refractivity contribution in [2.24, 2.45) is 0 Å². The second-order valence-electron chi connectivity index (χ2n) is 18.0. The molecule has 1 aliphatic rings. The average molecular weight is 761 g/mol. The maximum Gasteiger partial charge on any atom is 0.126 e. The van der Waals surface area contributed by atoms with Crippen molar-refractivity contribution >= 4 is 0 Å². The number of fused-ring (bicyclic) bond motifs is 8. The normalized spacial score (nSPS) is 13.0. The molecule has 0 atom stereocenters. The molecule has 0 radical (unpaired) electrons. The van der Waals surface area contributed by atoms with Crippen LogP contribution in [0.15, 0.2) is 24.3 Å². The number of rotatable bonds is 12. The topological polar surface area (TPSA) is 58.9 Å². The summed E-state index contributed by atoms with van der Waals surface area (Å²) >= 11 is 0. The van der Waals surface area contributed by atoms with E-state index in [2.05, 4.69) is 121 Å². The smallest absolute Gasteiger partial charge is 0.126 e. The molecule has 4 aromatic rings. The Morgan fingerprint density at radius 2 is 0.714 bits per heavy atom. The fourth-order valence-corrected chi connectivity index (χ4v) is 9.17. The Kier molecular flexibility index (Phi) is 14.0. The Bertz CT molecular complexity index is 1900. The van der Waals surface area contributed by atoms with Crippen molar-refractivity contribution in [3.63, 3.8) is 0 Å². The zero-order chi connectivity index (χ0) is 41.2. The van der Waals surface area contributed by atoms with Crippen LogP contribution in [0, 0.1) is 27.7 Å². The Balaban J connectivity index is 1.98. The van der Waals surface area contributed by atoms with E-state index in [0.29, 0.717) is 50.4 Å². The standard InChI is InChI=1S/C52H72O4/c1-15-17-19-55-51-39-25-43(31(7)8)35(13)47(51)23-37-21-41(29(3)4)34(12)46(49(37)53)28-40-26-44(32(9)10)36(14)48(52(40)56-20-18-16-2)24-38-22-42(30(5)6)33(11)45(27-39)50(38)54/h21-22,25-26,29-32,53-54H,15-20,23-24,27-28H2,1-14H3. The number of hydrogen-bond acceptors (Lipinski definition) is 4. The lowest BCUT2D eigenvalue weighted by Gasteiger charge is -2.28. The van der Waals surface area contributed by atoms with Crippen LogP contribution in [0.1, 0.15) is 208 Å². The summed E-state index contributed by atoms with van der Waals surface area (Å²) in [6, 6.07) is 9.20. The predicted molar refractivity (Wildman–Crippen MR) is 236 cm³/mol. The highest BCUT2D eigenvalue weighted by Gasteiger charge is 2.28. The molecule has 0 spiro atoms. The monoisotopic (exact) mass is 761 g/mol. The summed E-state index contributed by atoms with van der Waals surface area (Å²) in [6.45, 7) is 32.6. The highest BCUT2D eigenvalue weighted by Crippen LogP contribution is 2.45. The molecule has 4 nitrogen and oxygen atoms in total. The molecular weight excluding hydrogens is 689 g/mol. The van der Waals surface area contributed by atoms with Gasteiger partial charge >= 0.3 is 0 Å². The SMILES string of the molecule is CCCCOc1c2cc(C(C)C)c(C)c1Cc1cc(C(C)C)c(C)c(c1O)Cc1cc(C(C)C)c(C)c(c1OCCCC)Cc1cc(C(C)C)c(C)c(c1O)C2. The Hall–Kier alpha value is -3.92. The van der Waals surface area contributed by atoms with E-state index in [1.165, 1.54) is 33.4 Å². The van der Waals surface area contributed by atoms with Crippen molar-refractivity contribution in [1.82, 2.24) is 0 Å². The molecule has 56 heavy (non-hydrogen) atoms. The summed E-state index contributed by atoms with van der Waals surface area (Å²) < 4.78 is 13.8. The molecule has 0 fully saturated rings. The van der Waals surface area contributed by atoms with Crippen molar-refractivity contribution in [3.8, 4) is 23.0 Å². The van der Waals surface area contributed by atoms with E-state index in [1.807, 2.05) is 0 Å². The van der Waals surface area contributed by atoms with Gasteiger partial charge < -0.3 is 19.7 Å². The van der Waals surface area contributed by atoms with Gasteiger partial charge in [-0.05, 0) is 131 Å². The fourth-order valence-electron chi connectivity index (χ4n) is 9.17. The van der Waals surface area contributed by atoms with Crippen LogP contribution in [0.4, 0.5) is 0 Å². The minimum absolute atomic E-state index is 0.281. The molecule has 0 aromatic heterocycles. The molecule has 4 heteroatoms. The van der Waals surface area contributed by atoms with E-state index in [4.69, 9.17) is 9.47 Å². The number of benzene rings is 4. The zero-order valence-corrected chi connectivity index (χ0v) is 37.4. The third-order valence-electron chi connectivity index (χ3n) is 12.6. The van der Waals surface area contributed by atoms with E-state index in [0.717, 1.165) is 92.8 Å². The summed E-state index contributed by atoms with van der Waals surface area (Å²) in [4.78, 5) is 0. The maximum atomic E-state index is 12.6. The first-order valence-corrected chi connectivity index (χ1v) is 21.8. The number of phenolic OH excluding ortho intramolecular Hbond substituents is 2. The molecular formula is C52H72O4. The van der Waals surface area contributed by atoms with E-state index in [-0.39, 0.29) is 23.7 Å². The van der Waals surface area contributed by atoms with Crippen molar-refractivity contribution in [2.45, 2.75) is 172 Å². The Labute approximate surface area is 340 Å². The molecule has 1 aliphatic carbocycles. The number of phenols is 2. The van der Waals surface area contributed by atoms with Crippen LogP contribution in [0.3, 0.4) is 0 Å². The quantitative estimate of drug-likeness (QED) is 0.124. The molecule has 0 unspecified atom stereocenters. The molecule has 304 valence electrons. The van der Waals surface area contributed by atoms with Gasteiger partial charge in [0.2, 0.25) is 0 Å². The Morgan fingerprint density at radius 3 is 1.00 bits per heavy atom. The van der Waals surface area contributed by atoms with Gasteiger partial charge in [-0.15, -0.1) is 0 Å². The lowest BCUT2D eigenvalue weighted by atomic mass is 9.80. The van der Waals surface area contributed by atoms with Gasteiger partial charge in [-0.1, -0.05) is 106 Å². The third kappa shape index (κ3) is 8.65. The van der Waals surface area contributed by atoms with Crippen LogP contribution in [0.2, 0.25) is 0 Å². The molecule has 0 aliphatic heterocycles. The van der Waals surface area contributed by atoms with Gasteiger partial charge in [0, 0.05) is 47.9 Å². The highest BCUT2D eigenvalue weighted by atomic mass is 16.5. The van der Waals surface area contributed by atoms with E-state index >= 15 is 0 Å². The van der Waals surface area contributed by atoms with E-state index < -0.39 is 0 Å². The van der Waals surface area contributed by atoms with Crippen LogP contribution < -0.4 is 9.47 Å². The van der Waals surface area contributed by atoms with E-state index in [1.54, 1.807) is 0 Å². The number of hydrogen-bond donors (Lipinski definition) is 2. The average Bonchev–Trinajstić information content (AvgIpc) is 3.13. The largest absolute Gasteiger partial charge is 0.507 e. The number of aromatic hydroxyl groups is 2. The minimum atomic E-state index is 0.281. The van der Waals surface area contributed by atoms with Gasteiger partial charge in [0.05, 0.1) is 13.2 Å². The molecule has 2 N–H and O–H groups in total. The second-order valence-corrected chi connectivity index (χ2v) is 18.0. The maximum absolute atomic E-state index is 12.6. The summed E-state index contributed by atoms with van der Waals surface area (Å²) in [5.41, 5.74) is 18.1. The van der Waals surface area contributed by atoms with Crippen LogP contribution >= 0.6 is 0 Å². The van der Waals surface area contributed by atoms with Crippen LogP contribution in [-0.4, -0.2) is 23.4 Å². The molecule has 0 amide bonds. The summed E-state index contributed by atoms with van der Waals surface area (Å²) in [7, 11) is 0. The van der Waals surface area contributed by atoms with Gasteiger partial charge in [-0.25, -0.2) is 0 Å². The first kappa shape index (κ1) is 43.2. The molecule has 8 bridgehead atoms. The third-order valence-corrected chi connectivity index (χ3v) is 12.6. The molecule has 5 rings (SSSR count). The van der Waals surface area contributed by atoms with Crippen molar-refractivity contribution in [1.29, 1.82) is 0 Å². The summed E-state index contributed by atoms with van der Waals surface area (Å²) in [5.74, 6) is 3.71. The lowest BCUT2D eigenvalue weighted by molar-refractivity contribution is 0.303.